The Labute approximate surface area is 230 Å². The summed E-state index contributed by atoms with van der Waals surface area (Å²) in [6.45, 7) is 1.55. The molecule has 218 valence electrons. The quantitative estimate of drug-likeness (QED) is 0.0619. The third-order valence-corrected chi connectivity index (χ3v) is 6.08. The number of para-hydroxylation sites is 1. The van der Waals surface area contributed by atoms with Gasteiger partial charge in [-0.15, -0.1) is 0 Å². The maximum atomic E-state index is 13.3. The van der Waals surface area contributed by atoms with Crippen molar-refractivity contribution >= 4 is 46.5 Å². The second kappa shape index (κ2) is 15.1. The van der Waals surface area contributed by atoms with Gasteiger partial charge in [0, 0.05) is 36.5 Å². The normalized spacial score (nSPS) is 13.8. The fraction of sp³-hybridized carbons (Fsp3) is 0.440. The minimum atomic E-state index is -1.26. The SMILES string of the molecule is CC(NC(=O)C(Cc1c[nH]c2ccccc12)NC(=O)C(CCC(N)=O)NC(=O)C(N)CCCN=C(N)N)C(=O)O. The number of amides is 4. The molecule has 0 bridgehead atoms. The molecule has 15 heteroatoms. The van der Waals surface area contributed by atoms with Crippen LogP contribution in [0.2, 0.25) is 0 Å². The second-order valence-electron chi connectivity index (χ2n) is 9.31. The van der Waals surface area contributed by atoms with E-state index in [2.05, 4.69) is 25.9 Å². The molecule has 0 spiro atoms. The third kappa shape index (κ3) is 9.90. The molecule has 0 aliphatic heterocycles. The van der Waals surface area contributed by atoms with Crippen molar-refractivity contribution in [3.63, 3.8) is 0 Å². The zero-order chi connectivity index (χ0) is 29.8. The molecular weight excluding hydrogens is 522 g/mol. The fourth-order valence-electron chi connectivity index (χ4n) is 3.86. The van der Waals surface area contributed by atoms with Crippen molar-refractivity contribution in [2.24, 2.45) is 27.9 Å². The molecule has 4 amide bonds. The van der Waals surface area contributed by atoms with E-state index in [1.54, 1.807) is 6.20 Å². The number of rotatable bonds is 16. The molecular formula is C25H37N9O6. The molecule has 2 aromatic rings. The number of aromatic amines is 1. The fourth-order valence-corrected chi connectivity index (χ4v) is 3.86. The number of primary amides is 1. The number of carbonyl (C=O) groups excluding carboxylic acids is 4. The zero-order valence-electron chi connectivity index (χ0n) is 22.2. The molecule has 1 aromatic heterocycles. The highest BCUT2D eigenvalue weighted by molar-refractivity contribution is 5.95. The molecule has 0 saturated heterocycles. The van der Waals surface area contributed by atoms with E-state index in [1.165, 1.54) is 6.92 Å². The summed E-state index contributed by atoms with van der Waals surface area (Å²) in [6, 6.07) is 2.64. The first-order chi connectivity index (χ1) is 18.9. The lowest BCUT2D eigenvalue weighted by Crippen LogP contribution is -2.57. The number of H-pyrrole nitrogens is 1. The molecule has 0 aliphatic rings. The molecule has 2 rings (SSSR count). The minimum absolute atomic E-state index is 0.00865. The molecule has 13 N–H and O–H groups in total. The number of aromatic nitrogens is 1. The summed E-state index contributed by atoms with van der Waals surface area (Å²) in [5.74, 6) is -4.23. The molecule has 40 heavy (non-hydrogen) atoms. The summed E-state index contributed by atoms with van der Waals surface area (Å²) in [4.78, 5) is 68.7. The predicted molar refractivity (Wildman–Crippen MR) is 147 cm³/mol. The van der Waals surface area contributed by atoms with Gasteiger partial charge in [0.15, 0.2) is 5.96 Å². The molecule has 0 saturated carbocycles. The van der Waals surface area contributed by atoms with E-state index in [4.69, 9.17) is 22.9 Å². The van der Waals surface area contributed by atoms with Crippen molar-refractivity contribution < 1.29 is 29.1 Å². The maximum absolute atomic E-state index is 13.3. The highest BCUT2D eigenvalue weighted by Crippen LogP contribution is 2.19. The van der Waals surface area contributed by atoms with Gasteiger partial charge in [0.05, 0.1) is 6.04 Å². The van der Waals surface area contributed by atoms with E-state index >= 15 is 0 Å². The summed E-state index contributed by atoms with van der Waals surface area (Å²) in [6.07, 6.45) is 1.93. The van der Waals surface area contributed by atoms with Crippen LogP contribution in [0.3, 0.4) is 0 Å². The average Bonchev–Trinajstić information content (AvgIpc) is 3.30. The number of carbonyl (C=O) groups is 5. The van der Waals surface area contributed by atoms with Gasteiger partial charge < -0.3 is 49.0 Å². The minimum Gasteiger partial charge on any atom is -0.480 e. The van der Waals surface area contributed by atoms with Gasteiger partial charge in [0.2, 0.25) is 23.6 Å². The lowest BCUT2D eigenvalue weighted by molar-refractivity contribution is -0.141. The van der Waals surface area contributed by atoms with Crippen LogP contribution in [0.25, 0.3) is 10.9 Å². The number of nitrogens with two attached hydrogens (primary N) is 4. The van der Waals surface area contributed by atoms with E-state index in [-0.39, 0.29) is 38.2 Å². The highest BCUT2D eigenvalue weighted by atomic mass is 16.4. The number of hydrogen-bond donors (Lipinski definition) is 9. The Morgan fingerprint density at radius 2 is 1.60 bits per heavy atom. The molecule has 0 radical (unpaired) electrons. The standard InChI is InChI=1S/C25H37N9O6/c1-13(24(39)40)32-23(38)19(11-14-12-31-17-7-3-2-5-15(14)17)34-22(37)18(8-9-20(27)35)33-21(36)16(26)6-4-10-30-25(28)29/h2-3,5,7,12-13,16,18-19,31H,4,6,8-11,26H2,1H3,(H2,27,35)(H,32,38)(H,33,36)(H,34,37)(H,39,40)(H4,28,29,30). The predicted octanol–water partition coefficient (Wildman–Crippen LogP) is -2.08. The number of aliphatic carboxylic acids is 1. The van der Waals surface area contributed by atoms with Crippen LogP contribution in [0.1, 0.15) is 38.2 Å². The number of hydrogen-bond acceptors (Lipinski definition) is 7. The Morgan fingerprint density at radius 3 is 2.25 bits per heavy atom. The van der Waals surface area contributed by atoms with Crippen LogP contribution < -0.4 is 38.9 Å². The number of benzene rings is 1. The van der Waals surface area contributed by atoms with Gasteiger partial charge in [-0.05, 0) is 37.8 Å². The van der Waals surface area contributed by atoms with Crippen LogP contribution in [-0.4, -0.2) is 76.4 Å². The van der Waals surface area contributed by atoms with Crippen LogP contribution in [-0.2, 0) is 30.4 Å². The van der Waals surface area contributed by atoms with Gasteiger partial charge in [0.25, 0.3) is 0 Å². The van der Waals surface area contributed by atoms with Gasteiger partial charge in [-0.3, -0.25) is 29.0 Å². The van der Waals surface area contributed by atoms with Crippen LogP contribution in [0, 0.1) is 0 Å². The van der Waals surface area contributed by atoms with E-state index in [1.807, 2.05) is 24.3 Å². The first-order valence-corrected chi connectivity index (χ1v) is 12.7. The summed E-state index contributed by atoms with van der Waals surface area (Å²) in [5.41, 5.74) is 23.2. The Bertz CT molecular complexity index is 1240. The van der Waals surface area contributed by atoms with Gasteiger partial charge in [-0.2, -0.15) is 0 Å². The lowest BCUT2D eigenvalue weighted by Gasteiger charge is -2.24. The average molecular weight is 560 g/mol. The van der Waals surface area contributed by atoms with Crippen molar-refractivity contribution in [2.45, 2.75) is 63.2 Å². The number of carboxylic acids is 1. The molecule has 15 nitrogen and oxygen atoms in total. The first kappa shape index (κ1) is 31.6. The summed E-state index contributed by atoms with van der Waals surface area (Å²) in [5, 5.41) is 17.5. The second-order valence-corrected chi connectivity index (χ2v) is 9.31. The summed E-state index contributed by atoms with van der Waals surface area (Å²) >= 11 is 0. The Balaban J connectivity index is 2.21. The number of fused-ring (bicyclic) bond motifs is 1. The van der Waals surface area contributed by atoms with E-state index in [0.29, 0.717) is 12.0 Å². The molecule has 1 aromatic carbocycles. The number of nitrogens with one attached hydrogen (secondary N) is 4. The molecule has 0 aliphatic carbocycles. The lowest BCUT2D eigenvalue weighted by atomic mass is 10.0. The third-order valence-electron chi connectivity index (χ3n) is 6.08. The summed E-state index contributed by atoms with van der Waals surface area (Å²) < 4.78 is 0. The number of nitrogens with zero attached hydrogens (tertiary/aromatic N) is 1. The van der Waals surface area contributed by atoms with Crippen molar-refractivity contribution in [2.75, 3.05) is 6.54 Å². The van der Waals surface area contributed by atoms with Crippen LogP contribution in [0.15, 0.2) is 35.5 Å². The van der Waals surface area contributed by atoms with Crippen LogP contribution >= 0.6 is 0 Å². The van der Waals surface area contributed by atoms with Crippen LogP contribution in [0.4, 0.5) is 0 Å². The maximum Gasteiger partial charge on any atom is 0.325 e. The molecule has 4 atom stereocenters. The Morgan fingerprint density at radius 1 is 0.950 bits per heavy atom. The monoisotopic (exact) mass is 559 g/mol. The zero-order valence-corrected chi connectivity index (χ0v) is 22.2. The van der Waals surface area contributed by atoms with Crippen molar-refractivity contribution in [3.05, 3.63) is 36.0 Å². The van der Waals surface area contributed by atoms with Gasteiger partial charge in [0.1, 0.15) is 18.1 Å². The first-order valence-electron chi connectivity index (χ1n) is 12.7. The summed E-state index contributed by atoms with van der Waals surface area (Å²) in [7, 11) is 0. The van der Waals surface area contributed by atoms with Crippen molar-refractivity contribution in [1.29, 1.82) is 0 Å². The number of carboxylic acid groups (broad SMARTS) is 1. The van der Waals surface area contributed by atoms with Gasteiger partial charge in [-0.1, -0.05) is 18.2 Å². The number of guanidine groups is 1. The van der Waals surface area contributed by atoms with E-state index < -0.39 is 53.8 Å². The largest absolute Gasteiger partial charge is 0.480 e. The Hall–Kier alpha value is -4.66. The molecule has 1 heterocycles. The highest BCUT2D eigenvalue weighted by Gasteiger charge is 2.30. The Kier molecular flexibility index (Phi) is 11.9. The number of aliphatic imine (C=N–C) groups is 1. The van der Waals surface area contributed by atoms with Gasteiger partial charge >= 0.3 is 5.97 Å². The van der Waals surface area contributed by atoms with Crippen molar-refractivity contribution in [3.8, 4) is 0 Å². The van der Waals surface area contributed by atoms with E-state index in [9.17, 15) is 29.1 Å². The van der Waals surface area contributed by atoms with Crippen LogP contribution in [0.5, 0.6) is 0 Å². The van der Waals surface area contributed by atoms with E-state index in [0.717, 1.165) is 10.9 Å². The van der Waals surface area contributed by atoms with Gasteiger partial charge in [-0.25, -0.2) is 0 Å². The molecule has 4 unspecified atom stereocenters. The smallest absolute Gasteiger partial charge is 0.325 e. The molecule has 0 fully saturated rings. The van der Waals surface area contributed by atoms with Crippen molar-refractivity contribution in [1.82, 2.24) is 20.9 Å². The topological polar surface area (TPSA) is 274 Å².